The second-order valence-corrected chi connectivity index (χ2v) is 0.971. The van der Waals surface area contributed by atoms with Crippen molar-refractivity contribution in [3.05, 3.63) is 12.2 Å². The average Bonchev–Trinajstić information content (AvgIpc) is 1.61. The van der Waals surface area contributed by atoms with E-state index < -0.39 is 11.9 Å². The molecule has 0 aliphatic heterocycles. The molecule has 0 aliphatic rings. The first-order chi connectivity index (χ1) is 3.63. The van der Waals surface area contributed by atoms with Gasteiger partial charge in [0, 0.05) is 0 Å². The Kier molecular flexibility index (Phi) is 8.06. The smallest absolute Gasteiger partial charge is 0.545 e. The van der Waals surface area contributed by atoms with Crippen molar-refractivity contribution >= 4 is 11.9 Å². The van der Waals surface area contributed by atoms with Crippen LogP contribution in [0.4, 0.5) is 0 Å². The maximum atomic E-state index is 9.41. The number of aliphatic carboxylic acids is 2. The Hall–Kier alpha value is 0.0306. The van der Waals surface area contributed by atoms with Gasteiger partial charge in [-0.3, -0.25) is 0 Å². The molecule has 0 unspecified atom stereocenters. The molecular weight excluding hydrogens is 256 g/mol. The van der Waals surface area contributed by atoms with Crippen LogP contribution in [0.15, 0.2) is 12.2 Å². The van der Waals surface area contributed by atoms with Crippen LogP contribution in [0.5, 0.6) is 0 Å². The summed E-state index contributed by atoms with van der Waals surface area (Å²) in [5.74, 6) is -3.09. The van der Waals surface area contributed by atoms with E-state index in [2.05, 4.69) is 0 Å². The fourth-order valence-corrected chi connectivity index (χ4v) is 0.136. The maximum absolute atomic E-state index is 9.41. The number of rotatable bonds is 2. The van der Waals surface area contributed by atoms with Gasteiger partial charge in [-0.1, -0.05) is 0 Å². The van der Waals surface area contributed by atoms with E-state index in [1.165, 1.54) is 0 Å². The Bertz CT molecular complexity index is 124. The van der Waals surface area contributed by atoms with Crippen molar-refractivity contribution in [2.24, 2.45) is 0 Å². The molecule has 0 aliphatic carbocycles. The SMILES string of the molecule is O=C([O-])/C=C/C(=O)[O-].[Nd+3]. The predicted molar refractivity (Wildman–Crippen MR) is 19.2 cm³/mol. The molecule has 0 amide bonds. The van der Waals surface area contributed by atoms with Crippen LogP contribution in [0, 0.1) is 40.8 Å². The summed E-state index contributed by atoms with van der Waals surface area (Å²) in [5, 5.41) is 18.8. The molecule has 0 bridgehead atoms. The number of carbonyl (C=O) groups is 2. The number of hydrogen-bond donors (Lipinski definition) is 0. The van der Waals surface area contributed by atoms with E-state index in [0.717, 1.165) is 0 Å². The first-order valence-electron chi connectivity index (χ1n) is 1.73. The zero-order valence-corrected chi connectivity index (χ0v) is 7.50. The van der Waals surface area contributed by atoms with Crippen molar-refractivity contribution in [3.63, 3.8) is 0 Å². The maximum Gasteiger partial charge on any atom is 3.00 e. The summed E-state index contributed by atoms with van der Waals surface area (Å²) in [6, 6.07) is 0. The van der Waals surface area contributed by atoms with Crippen LogP contribution < -0.4 is 10.2 Å². The molecule has 45 valence electrons. The Morgan fingerprint density at radius 3 is 1.33 bits per heavy atom. The summed E-state index contributed by atoms with van der Waals surface area (Å²) in [7, 11) is 0. The summed E-state index contributed by atoms with van der Waals surface area (Å²) in [6.07, 6.45) is 0.769. The molecule has 5 heteroatoms. The number of carbonyl (C=O) groups excluding carboxylic acids is 2. The average molecular weight is 258 g/mol. The van der Waals surface area contributed by atoms with Gasteiger partial charge in [-0.2, -0.15) is 0 Å². The van der Waals surface area contributed by atoms with Gasteiger partial charge in [-0.05, 0) is 12.2 Å². The van der Waals surface area contributed by atoms with Crippen molar-refractivity contribution in [1.29, 1.82) is 0 Å². The van der Waals surface area contributed by atoms with E-state index in [9.17, 15) is 19.8 Å². The van der Waals surface area contributed by atoms with Crippen LogP contribution in [0.1, 0.15) is 0 Å². The third kappa shape index (κ3) is 11.5. The van der Waals surface area contributed by atoms with Gasteiger partial charge in [0.1, 0.15) is 0 Å². The van der Waals surface area contributed by atoms with Crippen molar-refractivity contribution in [1.82, 2.24) is 0 Å². The molecule has 0 aromatic heterocycles. The van der Waals surface area contributed by atoms with Gasteiger partial charge in [-0.25, -0.2) is 0 Å². The zero-order valence-electron chi connectivity index (χ0n) is 4.29. The summed E-state index contributed by atoms with van der Waals surface area (Å²) < 4.78 is 0. The molecular formula is C4H2NdO4+. The third-order valence-electron chi connectivity index (χ3n) is 0.355. The predicted octanol–water partition coefficient (Wildman–Crippen LogP) is -2.96. The second kappa shape index (κ2) is 6.16. The number of carboxylic acid groups (broad SMARTS) is 2. The number of hydrogen-bond acceptors (Lipinski definition) is 4. The van der Waals surface area contributed by atoms with E-state index in [0.29, 0.717) is 12.2 Å². The van der Waals surface area contributed by atoms with E-state index in [1.54, 1.807) is 0 Å². The van der Waals surface area contributed by atoms with Gasteiger partial charge in [-0.15, -0.1) is 0 Å². The van der Waals surface area contributed by atoms with Crippen molar-refractivity contribution in [3.8, 4) is 0 Å². The van der Waals surface area contributed by atoms with Crippen molar-refractivity contribution in [2.75, 3.05) is 0 Å². The van der Waals surface area contributed by atoms with E-state index >= 15 is 0 Å². The summed E-state index contributed by atoms with van der Waals surface area (Å²) in [5.41, 5.74) is 0. The zero-order chi connectivity index (χ0) is 6.57. The normalized spacial score (nSPS) is 8.44. The van der Waals surface area contributed by atoms with Gasteiger partial charge in [0.25, 0.3) is 0 Å². The van der Waals surface area contributed by atoms with Gasteiger partial charge >= 0.3 is 40.8 Å². The molecule has 9 heavy (non-hydrogen) atoms. The fourth-order valence-electron chi connectivity index (χ4n) is 0.136. The van der Waals surface area contributed by atoms with Crippen LogP contribution in [0.2, 0.25) is 0 Å². The minimum Gasteiger partial charge on any atom is -0.545 e. The minimum atomic E-state index is -1.55. The van der Waals surface area contributed by atoms with E-state index in [1.807, 2.05) is 0 Å². The van der Waals surface area contributed by atoms with Crippen molar-refractivity contribution in [2.45, 2.75) is 0 Å². The van der Waals surface area contributed by atoms with Crippen molar-refractivity contribution < 1.29 is 60.6 Å². The molecule has 0 N–H and O–H groups in total. The topological polar surface area (TPSA) is 80.3 Å². The van der Waals surface area contributed by atoms with Gasteiger partial charge in [0.05, 0.1) is 11.9 Å². The molecule has 0 saturated heterocycles. The minimum absolute atomic E-state index is 0. The van der Waals surface area contributed by atoms with Gasteiger partial charge in [0.15, 0.2) is 0 Å². The molecule has 0 spiro atoms. The molecule has 0 aromatic carbocycles. The Labute approximate surface area is 84.1 Å². The first-order valence-corrected chi connectivity index (χ1v) is 1.73. The van der Waals surface area contributed by atoms with Gasteiger partial charge < -0.3 is 19.8 Å². The fraction of sp³-hybridized carbons (Fsp3) is 0. The Morgan fingerprint density at radius 1 is 1.00 bits per heavy atom. The monoisotopic (exact) mass is 256 g/mol. The van der Waals surface area contributed by atoms with Crippen LogP contribution in [0.3, 0.4) is 0 Å². The standard InChI is InChI=1S/C4H4O4.Nd/c5-3(6)1-2-4(7)8;/h1-2H,(H,5,6)(H,7,8);/q;+3/p-2/b2-1+;. The summed E-state index contributed by atoms with van der Waals surface area (Å²) in [6.45, 7) is 0. The van der Waals surface area contributed by atoms with Gasteiger partial charge in [0.2, 0.25) is 0 Å². The largest absolute Gasteiger partial charge is 3.00 e. The molecule has 4 nitrogen and oxygen atoms in total. The van der Waals surface area contributed by atoms with Crippen LogP contribution >= 0.6 is 0 Å². The van der Waals surface area contributed by atoms with E-state index in [4.69, 9.17) is 0 Å². The quantitative estimate of drug-likeness (QED) is 0.496. The van der Waals surface area contributed by atoms with Crippen LogP contribution in [0.25, 0.3) is 0 Å². The van der Waals surface area contributed by atoms with E-state index in [-0.39, 0.29) is 40.8 Å². The van der Waals surface area contributed by atoms with Crippen LogP contribution in [-0.2, 0) is 9.59 Å². The Morgan fingerprint density at radius 2 is 1.22 bits per heavy atom. The second-order valence-electron chi connectivity index (χ2n) is 0.971. The third-order valence-corrected chi connectivity index (χ3v) is 0.355. The molecule has 0 fully saturated rings. The molecule has 0 heterocycles. The molecule has 0 saturated carbocycles. The van der Waals surface area contributed by atoms with Crippen LogP contribution in [-0.4, -0.2) is 11.9 Å². The number of carboxylic acids is 2. The molecule has 1 radical (unpaired) electrons. The molecule has 0 aromatic rings. The molecule has 0 atom stereocenters. The summed E-state index contributed by atoms with van der Waals surface area (Å²) >= 11 is 0. The molecule has 0 rings (SSSR count). The Balaban J connectivity index is 0. The first kappa shape index (κ1) is 11.8. The summed E-state index contributed by atoms with van der Waals surface area (Å²) in [4.78, 5) is 18.8.